The number of rotatable bonds is 6. The number of furan rings is 1. The maximum atomic E-state index is 5.38. The molecule has 1 aromatic rings. The van der Waals surface area contributed by atoms with Crippen molar-refractivity contribution < 1.29 is 4.42 Å². The fourth-order valence-corrected chi connectivity index (χ4v) is 1.68. The summed E-state index contributed by atoms with van der Waals surface area (Å²) < 4.78 is 5.38. The molecule has 1 unspecified atom stereocenters. The van der Waals surface area contributed by atoms with E-state index in [1.807, 2.05) is 18.2 Å². The molecule has 0 aliphatic heterocycles. The van der Waals surface area contributed by atoms with Gasteiger partial charge in [-0.15, -0.1) is 6.58 Å². The van der Waals surface area contributed by atoms with Crippen molar-refractivity contribution in [1.82, 2.24) is 5.32 Å². The predicted molar refractivity (Wildman–Crippen MR) is 61.7 cm³/mol. The van der Waals surface area contributed by atoms with Crippen molar-refractivity contribution in [3.63, 3.8) is 0 Å². The first-order valence-electron chi connectivity index (χ1n) is 5.61. The standard InChI is InChI=1S/C13H19NO/c1-3-13(2,10-14-11-6-7-11)9-12-5-4-8-15-12/h3-5,8,11,14H,1,6-7,9-10H2,2H3. The summed E-state index contributed by atoms with van der Waals surface area (Å²) in [7, 11) is 0. The highest BCUT2D eigenvalue weighted by atomic mass is 16.3. The van der Waals surface area contributed by atoms with Gasteiger partial charge in [-0.05, 0) is 25.0 Å². The highest BCUT2D eigenvalue weighted by Gasteiger charge is 2.27. The van der Waals surface area contributed by atoms with E-state index in [4.69, 9.17) is 4.42 Å². The third-order valence-electron chi connectivity index (χ3n) is 3.02. The van der Waals surface area contributed by atoms with Crippen LogP contribution in [0.4, 0.5) is 0 Å². The van der Waals surface area contributed by atoms with E-state index in [-0.39, 0.29) is 5.41 Å². The molecule has 1 aliphatic carbocycles. The lowest BCUT2D eigenvalue weighted by Crippen LogP contribution is -2.33. The maximum Gasteiger partial charge on any atom is 0.104 e. The summed E-state index contributed by atoms with van der Waals surface area (Å²) in [4.78, 5) is 0. The van der Waals surface area contributed by atoms with Crippen molar-refractivity contribution in [1.29, 1.82) is 0 Å². The van der Waals surface area contributed by atoms with E-state index in [1.54, 1.807) is 6.26 Å². The van der Waals surface area contributed by atoms with Gasteiger partial charge in [0.25, 0.3) is 0 Å². The van der Waals surface area contributed by atoms with E-state index >= 15 is 0 Å². The van der Waals surface area contributed by atoms with E-state index in [9.17, 15) is 0 Å². The van der Waals surface area contributed by atoms with Crippen LogP contribution >= 0.6 is 0 Å². The molecule has 1 atom stereocenters. The van der Waals surface area contributed by atoms with Crippen LogP contribution in [-0.2, 0) is 6.42 Å². The highest BCUT2D eigenvalue weighted by molar-refractivity contribution is 5.07. The third kappa shape index (κ3) is 2.96. The largest absolute Gasteiger partial charge is 0.469 e. The minimum Gasteiger partial charge on any atom is -0.469 e. The van der Waals surface area contributed by atoms with E-state index in [1.165, 1.54) is 12.8 Å². The second-order valence-corrected chi connectivity index (χ2v) is 4.77. The number of hydrogen-bond acceptors (Lipinski definition) is 2. The molecule has 1 aromatic heterocycles. The molecule has 15 heavy (non-hydrogen) atoms. The quantitative estimate of drug-likeness (QED) is 0.722. The summed E-state index contributed by atoms with van der Waals surface area (Å²) in [6.45, 7) is 7.14. The molecular formula is C13H19NO. The zero-order chi connectivity index (χ0) is 10.7. The lowest BCUT2D eigenvalue weighted by Gasteiger charge is -2.25. The summed E-state index contributed by atoms with van der Waals surface area (Å²) in [5.74, 6) is 1.04. The minimum absolute atomic E-state index is 0.0977. The molecule has 0 radical (unpaired) electrons. The number of hydrogen-bond donors (Lipinski definition) is 1. The van der Waals surface area contributed by atoms with Gasteiger partial charge in [0.05, 0.1) is 6.26 Å². The Balaban J connectivity index is 1.90. The van der Waals surface area contributed by atoms with Crippen molar-refractivity contribution in [2.45, 2.75) is 32.2 Å². The monoisotopic (exact) mass is 205 g/mol. The average Bonchev–Trinajstić information content (AvgIpc) is 2.94. The van der Waals surface area contributed by atoms with Gasteiger partial charge < -0.3 is 9.73 Å². The SMILES string of the molecule is C=CC(C)(CNC1CC1)Cc1ccco1. The first kappa shape index (κ1) is 10.5. The Hall–Kier alpha value is -1.02. The van der Waals surface area contributed by atoms with Crippen LogP contribution in [0.2, 0.25) is 0 Å². The molecule has 82 valence electrons. The van der Waals surface area contributed by atoms with E-state index in [2.05, 4.69) is 18.8 Å². The van der Waals surface area contributed by atoms with Crippen molar-refractivity contribution in [3.8, 4) is 0 Å². The van der Waals surface area contributed by atoms with Crippen LogP contribution in [0.3, 0.4) is 0 Å². The zero-order valence-electron chi connectivity index (χ0n) is 9.33. The second-order valence-electron chi connectivity index (χ2n) is 4.77. The fraction of sp³-hybridized carbons (Fsp3) is 0.538. The summed E-state index contributed by atoms with van der Waals surface area (Å²) in [5, 5.41) is 3.55. The molecule has 2 heteroatoms. The maximum absolute atomic E-state index is 5.38. The first-order chi connectivity index (χ1) is 7.22. The van der Waals surface area contributed by atoms with E-state index in [0.717, 1.165) is 24.8 Å². The van der Waals surface area contributed by atoms with Gasteiger partial charge in [-0.3, -0.25) is 0 Å². The molecule has 0 saturated heterocycles. The Bertz CT molecular complexity index is 313. The molecule has 1 aliphatic rings. The fourth-order valence-electron chi connectivity index (χ4n) is 1.68. The van der Waals surface area contributed by atoms with Gasteiger partial charge in [0.2, 0.25) is 0 Å². The zero-order valence-corrected chi connectivity index (χ0v) is 9.33. The van der Waals surface area contributed by atoms with Gasteiger partial charge in [0.1, 0.15) is 5.76 Å². The van der Waals surface area contributed by atoms with Crippen molar-refractivity contribution >= 4 is 0 Å². The van der Waals surface area contributed by atoms with Gasteiger partial charge in [-0.2, -0.15) is 0 Å². The number of nitrogens with one attached hydrogen (secondary N) is 1. The molecule has 2 nitrogen and oxygen atoms in total. The van der Waals surface area contributed by atoms with Crippen molar-refractivity contribution in [2.75, 3.05) is 6.54 Å². The molecule has 1 heterocycles. The molecular weight excluding hydrogens is 186 g/mol. The molecule has 0 bridgehead atoms. The van der Waals surface area contributed by atoms with Gasteiger partial charge in [0, 0.05) is 24.4 Å². The molecule has 1 N–H and O–H groups in total. The molecule has 2 rings (SSSR count). The normalized spacial score (nSPS) is 19.8. The Morgan fingerprint density at radius 3 is 3.00 bits per heavy atom. The van der Waals surface area contributed by atoms with Crippen LogP contribution < -0.4 is 5.32 Å². The summed E-state index contributed by atoms with van der Waals surface area (Å²) in [5.41, 5.74) is 0.0977. The summed E-state index contributed by atoms with van der Waals surface area (Å²) >= 11 is 0. The Labute approximate surface area is 91.4 Å². The molecule has 0 aromatic carbocycles. The van der Waals surface area contributed by atoms with E-state index < -0.39 is 0 Å². The lowest BCUT2D eigenvalue weighted by atomic mass is 9.86. The van der Waals surface area contributed by atoms with Crippen molar-refractivity contribution in [2.24, 2.45) is 5.41 Å². The van der Waals surface area contributed by atoms with Crippen LogP contribution in [0, 0.1) is 5.41 Å². The predicted octanol–water partition coefficient (Wildman–Crippen LogP) is 2.77. The lowest BCUT2D eigenvalue weighted by molar-refractivity contribution is 0.353. The third-order valence-corrected chi connectivity index (χ3v) is 3.02. The molecule has 0 spiro atoms. The second kappa shape index (κ2) is 4.23. The Kier molecular flexibility index (Phi) is 2.96. The first-order valence-corrected chi connectivity index (χ1v) is 5.61. The summed E-state index contributed by atoms with van der Waals surface area (Å²) in [6.07, 6.45) is 7.34. The molecule has 1 fully saturated rings. The van der Waals surface area contributed by atoms with Crippen LogP contribution in [0.25, 0.3) is 0 Å². The van der Waals surface area contributed by atoms with E-state index in [0.29, 0.717) is 0 Å². The van der Waals surface area contributed by atoms with Crippen molar-refractivity contribution in [3.05, 3.63) is 36.8 Å². The Morgan fingerprint density at radius 1 is 1.67 bits per heavy atom. The molecule has 0 amide bonds. The van der Waals surface area contributed by atoms with Crippen LogP contribution in [0.5, 0.6) is 0 Å². The Morgan fingerprint density at radius 2 is 2.47 bits per heavy atom. The molecule has 1 saturated carbocycles. The topological polar surface area (TPSA) is 25.2 Å². The van der Waals surface area contributed by atoms with Gasteiger partial charge in [-0.25, -0.2) is 0 Å². The van der Waals surface area contributed by atoms with Gasteiger partial charge in [-0.1, -0.05) is 13.0 Å². The van der Waals surface area contributed by atoms with Crippen LogP contribution in [-0.4, -0.2) is 12.6 Å². The van der Waals surface area contributed by atoms with Crippen LogP contribution in [0.1, 0.15) is 25.5 Å². The van der Waals surface area contributed by atoms with Gasteiger partial charge >= 0.3 is 0 Å². The van der Waals surface area contributed by atoms with Gasteiger partial charge in [0.15, 0.2) is 0 Å². The smallest absolute Gasteiger partial charge is 0.104 e. The summed E-state index contributed by atoms with van der Waals surface area (Å²) in [6, 6.07) is 4.72. The van der Waals surface area contributed by atoms with Crippen LogP contribution in [0.15, 0.2) is 35.5 Å². The minimum atomic E-state index is 0.0977. The highest BCUT2D eigenvalue weighted by Crippen LogP contribution is 2.26. The average molecular weight is 205 g/mol.